The van der Waals surface area contributed by atoms with Crippen LogP contribution >= 0.6 is 0 Å². The van der Waals surface area contributed by atoms with Gasteiger partial charge in [0.2, 0.25) is 0 Å². The second kappa shape index (κ2) is 4.09. The van der Waals surface area contributed by atoms with Crippen LogP contribution in [0.3, 0.4) is 0 Å². The van der Waals surface area contributed by atoms with E-state index in [1.807, 2.05) is 6.07 Å². The summed E-state index contributed by atoms with van der Waals surface area (Å²) >= 11 is 0. The molecule has 1 aromatic rings. The van der Waals surface area contributed by atoms with Crippen LogP contribution in [0.15, 0.2) is 24.3 Å². The minimum atomic E-state index is -0.623. The number of carboxylic acid groups (broad SMARTS) is 1. The number of hydrogen-bond donors (Lipinski definition) is 1. The van der Waals surface area contributed by atoms with Crippen LogP contribution in [0.5, 0.6) is 0 Å². The van der Waals surface area contributed by atoms with Crippen LogP contribution < -0.4 is 0 Å². The molecule has 1 aliphatic heterocycles. The third-order valence-electron chi connectivity index (χ3n) is 4.72. The second-order valence-corrected chi connectivity index (χ2v) is 5.65. The van der Waals surface area contributed by atoms with Crippen molar-refractivity contribution in [3.8, 4) is 0 Å². The van der Waals surface area contributed by atoms with Crippen molar-refractivity contribution >= 4 is 5.97 Å². The minimum absolute atomic E-state index is 0.0497. The molecule has 3 heteroatoms. The van der Waals surface area contributed by atoms with Gasteiger partial charge < -0.3 is 5.11 Å². The average molecular weight is 245 g/mol. The Morgan fingerprint density at radius 1 is 1.39 bits per heavy atom. The molecule has 1 aromatic carbocycles. The van der Waals surface area contributed by atoms with Gasteiger partial charge in [-0.1, -0.05) is 30.7 Å². The van der Waals surface area contributed by atoms with E-state index in [1.165, 1.54) is 11.1 Å². The molecule has 1 aliphatic carbocycles. The van der Waals surface area contributed by atoms with Crippen molar-refractivity contribution in [1.29, 1.82) is 0 Å². The van der Waals surface area contributed by atoms with Crippen LogP contribution in [0.4, 0.5) is 0 Å². The second-order valence-electron chi connectivity index (χ2n) is 5.65. The lowest BCUT2D eigenvalue weighted by atomic mass is 9.60. The fraction of sp³-hybridized carbons (Fsp3) is 0.533. The van der Waals surface area contributed by atoms with E-state index in [4.69, 9.17) is 0 Å². The Kier molecular flexibility index (Phi) is 2.67. The molecular weight excluding hydrogens is 226 g/mol. The Bertz CT molecular complexity index is 479. The molecule has 1 atom stereocenters. The summed E-state index contributed by atoms with van der Waals surface area (Å²) in [6.45, 7) is 0.955. The smallest absolute Gasteiger partial charge is 0.311 e. The lowest BCUT2D eigenvalue weighted by molar-refractivity contribution is -0.162. The standard InChI is InChI=1S/C15H19NO2/c1-16-10-7-11-5-2-3-6-12(11)13(16)15(14(17)18)8-4-9-15/h2-3,5-6,13H,4,7-10H2,1H3,(H,17,18). The summed E-state index contributed by atoms with van der Waals surface area (Å²) < 4.78 is 0. The van der Waals surface area contributed by atoms with Gasteiger partial charge in [-0.05, 0) is 37.4 Å². The molecule has 2 aliphatic rings. The van der Waals surface area contributed by atoms with E-state index in [0.717, 1.165) is 32.2 Å². The number of hydrogen-bond acceptors (Lipinski definition) is 2. The van der Waals surface area contributed by atoms with Gasteiger partial charge in [0.05, 0.1) is 11.5 Å². The van der Waals surface area contributed by atoms with Gasteiger partial charge in [0.1, 0.15) is 0 Å². The molecule has 0 radical (unpaired) electrons. The molecule has 1 N–H and O–H groups in total. The molecule has 1 heterocycles. The van der Waals surface area contributed by atoms with E-state index in [9.17, 15) is 9.90 Å². The fourth-order valence-electron chi connectivity index (χ4n) is 3.57. The average Bonchev–Trinajstić information content (AvgIpc) is 2.30. The third kappa shape index (κ3) is 1.50. The van der Waals surface area contributed by atoms with Crippen LogP contribution in [0.2, 0.25) is 0 Å². The summed E-state index contributed by atoms with van der Waals surface area (Å²) in [5.41, 5.74) is 2.01. The van der Waals surface area contributed by atoms with Crippen LogP contribution in [-0.2, 0) is 11.2 Å². The molecule has 3 rings (SSSR count). The number of benzene rings is 1. The van der Waals surface area contributed by atoms with Crippen molar-refractivity contribution in [3.05, 3.63) is 35.4 Å². The zero-order chi connectivity index (χ0) is 12.8. The monoisotopic (exact) mass is 245 g/mol. The number of carbonyl (C=O) groups is 1. The van der Waals surface area contributed by atoms with Gasteiger partial charge in [0.15, 0.2) is 0 Å². The first kappa shape index (κ1) is 11.7. The first-order chi connectivity index (χ1) is 8.65. The number of fused-ring (bicyclic) bond motifs is 1. The van der Waals surface area contributed by atoms with Gasteiger partial charge in [-0.2, -0.15) is 0 Å². The lowest BCUT2D eigenvalue weighted by Crippen LogP contribution is -2.51. The van der Waals surface area contributed by atoms with Crippen LogP contribution in [0, 0.1) is 5.41 Å². The Morgan fingerprint density at radius 3 is 2.72 bits per heavy atom. The number of rotatable bonds is 2. The van der Waals surface area contributed by atoms with Crippen LogP contribution in [-0.4, -0.2) is 29.6 Å². The number of aliphatic carboxylic acids is 1. The van der Waals surface area contributed by atoms with Crippen molar-refractivity contribution in [2.45, 2.75) is 31.7 Å². The Morgan fingerprint density at radius 2 is 2.11 bits per heavy atom. The molecule has 1 fully saturated rings. The highest BCUT2D eigenvalue weighted by atomic mass is 16.4. The number of nitrogens with zero attached hydrogens (tertiary/aromatic N) is 1. The van der Waals surface area contributed by atoms with E-state index in [1.54, 1.807) is 0 Å². The van der Waals surface area contributed by atoms with E-state index < -0.39 is 11.4 Å². The SMILES string of the molecule is CN1CCc2ccccc2C1C1(C(=O)O)CCC1. The van der Waals surface area contributed by atoms with E-state index in [0.29, 0.717) is 0 Å². The minimum Gasteiger partial charge on any atom is -0.481 e. The van der Waals surface area contributed by atoms with Crippen molar-refractivity contribution < 1.29 is 9.90 Å². The highest BCUT2D eigenvalue weighted by Crippen LogP contribution is 2.54. The van der Waals surface area contributed by atoms with Crippen LogP contribution in [0.25, 0.3) is 0 Å². The largest absolute Gasteiger partial charge is 0.481 e. The van der Waals surface area contributed by atoms with Gasteiger partial charge in [-0.15, -0.1) is 0 Å². The van der Waals surface area contributed by atoms with E-state index in [-0.39, 0.29) is 6.04 Å². The zero-order valence-corrected chi connectivity index (χ0v) is 10.7. The molecule has 0 aromatic heterocycles. The lowest BCUT2D eigenvalue weighted by Gasteiger charge is -2.50. The van der Waals surface area contributed by atoms with Gasteiger partial charge >= 0.3 is 5.97 Å². The first-order valence-electron chi connectivity index (χ1n) is 6.66. The molecule has 0 amide bonds. The zero-order valence-electron chi connectivity index (χ0n) is 10.7. The summed E-state index contributed by atoms with van der Waals surface area (Å²) in [5.74, 6) is -0.623. The third-order valence-corrected chi connectivity index (χ3v) is 4.72. The maximum Gasteiger partial charge on any atom is 0.311 e. The summed E-state index contributed by atoms with van der Waals surface area (Å²) in [6.07, 6.45) is 3.69. The molecule has 1 saturated carbocycles. The van der Waals surface area contributed by atoms with Crippen molar-refractivity contribution in [2.75, 3.05) is 13.6 Å². The molecule has 0 spiro atoms. The molecule has 96 valence electrons. The number of likely N-dealkylation sites (N-methyl/N-ethyl adjacent to an activating group) is 1. The molecule has 0 saturated heterocycles. The summed E-state index contributed by atoms with van der Waals surface area (Å²) in [6, 6.07) is 8.38. The summed E-state index contributed by atoms with van der Waals surface area (Å²) in [4.78, 5) is 14.0. The van der Waals surface area contributed by atoms with E-state index in [2.05, 4.69) is 30.1 Å². The van der Waals surface area contributed by atoms with Gasteiger partial charge in [-0.3, -0.25) is 9.69 Å². The number of carboxylic acids is 1. The summed E-state index contributed by atoms with van der Waals surface area (Å²) in [5, 5.41) is 9.65. The van der Waals surface area contributed by atoms with Crippen molar-refractivity contribution in [1.82, 2.24) is 4.90 Å². The summed E-state index contributed by atoms with van der Waals surface area (Å²) in [7, 11) is 2.06. The Labute approximate surface area is 107 Å². The Hall–Kier alpha value is -1.35. The highest BCUT2D eigenvalue weighted by Gasteiger charge is 2.53. The van der Waals surface area contributed by atoms with Gasteiger partial charge in [0, 0.05) is 6.54 Å². The molecule has 0 bridgehead atoms. The Balaban J connectivity index is 2.08. The first-order valence-corrected chi connectivity index (χ1v) is 6.66. The predicted octanol–water partition coefficient (Wildman–Crippen LogP) is 2.47. The van der Waals surface area contributed by atoms with E-state index >= 15 is 0 Å². The molecule has 1 unspecified atom stereocenters. The predicted molar refractivity (Wildman–Crippen MR) is 69.4 cm³/mol. The van der Waals surface area contributed by atoms with Crippen molar-refractivity contribution in [2.24, 2.45) is 5.41 Å². The molecular formula is C15H19NO2. The van der Waals surface area contributed by atoms with Crippen LogP contribution in [0.1, 0.15) is 36.4 Å². The maximum absolute atomic E-state index is 11.7. The van der Waals surface area contributed by atoms with Gasteiger partial charge in [0.25, 0.3) is 0 Å². The topological polar surface area (TPSA) is 40.5 Å². The maximum atomic E-state index is 11.7. The quantitative estimate of drug-likeness (QED) is 0.870. The fourth-order valence-corrected chi connectivity index (χ4v) is 3.57. The normalized spacial score (nSPS) is 26.2. The highest BCUT2D eigenvalue weighted by molar-refractivity contribution is 5.77. The van der Waals surface area contributed by atoms with Crippen molar-refractivity contribution in [3.63, 3.8) is 0 Å². The van der Waals surface area contributed by atoms with Gasteiger partial charge in [-0.25, -0.2) is 0 Å². The molecule has 3 nitrogen and oxygen atoms in total. The molecule has 18 heavy (non-hydrogen) atoms.